The van der Waals surface area contributed by atoms with Gasteiger partial charge in [0.1, 0.15) is 5.01 Å². The van der Waals surface area contributed by atoms with E-state index in [1.807, 2.05) is 11.3 Å². The fraction of sp³-hybridized carbons (Fsp3) is 0.750. The summed E-state index contributed by atoms with van der Waals surface area (Å²) in [6.07, 6.45) is 3.12. The van der Waals surface area contributed by atoms with E-state index in [2.05, 4.69) is 17.2 Å². The van der Waals surface area contributed by atoms with E-state index in [1.165, 1.54) is 23.4 Å². The number of hydrogen-bond donors (Lipinski definition) is 2. The van der Waals surface area contributed by atoms with Crippen LogP contribution < -0.4 is 5.32 Å². The molecule has 0 spiro atoms. The Morgan fingerprint density at radius 2 is 2.35 bits per heavy atom. The van der Waals surface area contributed by atoms with Gasteiger partial charge in [-0.1, -0.05) is 0 Å². The number of nitrogens with one attached hydrogen (secondary N) is 1. The fourth-order valence-electron chi connectivity index (χ4n) is 2.05. The highest BCUT2D eigenvalue weighted by molar-refractivity contribution is 7.11. The summed E-state index contributed by atoms with van der Waals surface area (Å²) in [6.45, 7) is 3.00. The highest BCUT2D eigenvalue weighted by atomic mass is 32.1. The van der Waals surface area contributed by atoms with Gasteiger partial charge in [0.25, 0.3) is 0 Å². The van der Waals surface area contributed by atoms with Gasteiger partial charge in [0, 0.05) is 18.5 Å². The molecule has 2 N–H and O–H groups in total. The number of thiazole rings is 1. The molecule has 2 atom stereocenters. The molecule has 96 valence electrons. The Morgan fingerprint density at radius 1 is 1.53 bits per heavy atom. The maximum absolute atomic E-state index is 9.56. The first-order chi connectivity index (χ1) is 8.20. The number of hydrogen-bond acceptors (Lipinski definition) is 5. The number of rotatable bonds is 6. The molecule has 0 fully saturated rings. The molecule has 2 rings (SSSR count). The van der Waals surface area contributed by atoms with Crippen LogP contribution in [0.1, 0.15) is 35.0 Å². The molecule has 17 heavy (non-hydrogen) atoms. The fourth-order valence-corrected chi connectivity index (χ4v) is 3.23. The van der Waals surface area contributed by atoms with Crippen molar-refractivity contribution in [3.05, 3.63) is 15.6 Å². The molecule has 1 heterocycles. The molecule has 0 saturated carbocycles. The first-order valence-electron chi connectivity index (χ1n) is 6.09. The Morgan fingerprint density at radius 3 is 3.06 bits per heavy atom. The Hall–Kier alpha value is -0.490. The molecule has 4 nitrogen and oxygen atoms in total. The zero-order valence-electron chi connectivity index (χ0n) is 10.4. The molecule has 0 bridgehead atoms. The zero-order chi connectivity index (χ0) is 12.3. The van der Waals surface area contributed by atoms with E-state index in [-0.39, 0.29) is 6.04 Å². The van der Waals surface area contributed by atoms with Gasteiger partial charge in [-0.05, 0) is 26.2 Å². The lowest BCUT2D eigenvalue weighted by atomic mass is 10.3. The van der Waals surface area contributed by atoms with Gasteiger partial charge in [-0.3, -0.25) is 0 Å². The number of aliphatic hydroxyl groups is 1. The largest absolute Gasteiger partial charge is 0.389 e. The van der Waals surface area contributed by atoms with Gasteiger partial charge in [-0.15, -0.1) is 11.3 Å². The topological polar surface area (TPSA) is 54.4 Å². The molecule has 0 aliphatic heterocycles. The lowest BCUT2D eigenvalue weighted by Crippen LogP contribution is -2.31. The predicted molar refractivity (Wildman–Crippen MR) is 68.4 cm³/mol. The number of aryl methyl sites for hydroxylation is 2. The molecule has 0 radical (unpaired) electrons. The van der Waals surface area contributed by atoms with Gasteiger partial charge < -0.3 is 15.2 Å². The monoisotopic (exact) mass is 256 g/mol. The van der Waals surface area contributed by atoms with Crippen molar-refractivity contribution in [2.75, 3.05) is 20.3 Å². The Balaban J connectivity index is 1.84. The van der Waals surface area contributed by atoms with Crippen molar-refractivity contribution in [2.24, 2.45) is 0 Å². The summed E-state index contributed by atoms with van der Waals surface area (Å²) >= 11 is 1.81. The van der Waals surface area contributed by atoms with Gasteiger partial charge in [-0.2, -0.15) is 0 Å². The van der Waals surface area contributed by atoms with E-state index >= 15 is 0 Å². The average molecular weight is 256 g/mol. The first kappa shape index (κ1) is 13.0. The minimum atomic E-state index is -0.450. The van der Waals surface area contributed by atoms with Crippen LogP contribution >= 0.6 is 11.3 Å². The number of nitrogens with zero attached hydrogens (tertiary/aromatic N) is 1. The predicted octanol–water partition coefficient (Wildman–Crippen LogP) is 1.29. The molecule has 1 aliphatic rings. The molecule has 1 aromatic rings. The molecule has 0 aromatic carbocycles. The molecular weight excluding hydrogens is 236 g/mol. The van der Waals surface area contributed by atoms with Crippen molar-refractivity contribution in [3.63, 3.8) is 0 Å². The van der Waals surface area contributed by atoms with Crippen molar-refractivity contribution in [1.82, 2.24) is 10.3 Å². The Labute approximate surface area is 106 Å². The van der Waals surface area contributed by atoms with E-state index in [0.717, 1.165) is 11.4 Å². The van der Waals surface area contributed by atoms with E-state index < -0.39 is 6.10 Å². The van der Waals surface area contributed by atoms with Crippen LogP contribution in [0.3, 0.4) is 0 Å². The second-order valence-electron chi connectivity index (χ2n) is 4.51. The van der Waals surface area contributed by atoms with E-state index in [4.69, 9.17) is 4.74 Å². The highest BCUT2D eigenvalue weighted by Gasteiger charge is 2.19. The van der Waals surface area contributed by atoms with Crippen molar-refractivity contribution in [1.29, 1.82) is 0 Å². The van der Waals surface area contributed by atoms with Crippen LogP contribution in [0.15, 0.2) is 0 Å². The quantitative estimate of drug-likeness (QED) is 0.805. The third-order valence-corrected chi connectivity index (χ3v) is 4.34. The smallest absolute Gasteiger partial charge is 0.110 e. The molecule has 1 aliphatic carbocycles. The van der Waals surface area contributed by atoms with Crippen LogP contribution in [0, 0.1) is 0 Å². The Bertz CT molecular complexity index is 346. The highest BCUT2D eigenvalue weighted by Crippen LogP contribution is 2.30. The average Bonchev–Trinajstić information content (AvgIpc) is 2.86. The van der Waals surface area contributed by atoms with Crippen molar-refractivity contribution in [3.8, 4) is 0 Å². The first-order valence-corrected chi connectivity index (χ1v) is 6.91. The van der Waals surface area contributed by atoms with E-state index in [9.17, 15) is 5.11 Å². The maximum atomic E-state index is 9.56. The minimum absolute atomic E-state index is 0.206. The third-order valence-electron chi connectivity index (χ3n) is 3.00. The van der Waals surface area contributed by atoms with Crippen LogP contribution in [0.5, 0.6) is 0 Å². The zero-order valence-corrected chi connectivity index (χ0v) is 11.2. The molecule has 5 heteroatoms. The summed E-state index contributed by atoms with van der Waals surface area (Å²) in [5, 5.41) is 14.0. The van der Waals surface area contributed by atoms with E-state index in [0.29, 0.717) is 13.2 Å². The van der Waals surface area contributed by atoms with Crippen molar-refractivity contribution >= 4 is 11.3 Å². The lowest BCUT2D eigenvalue weighted by Gasteiger charge is -2.14. The SMILES string of the molecule is COCC(O)CNC(C)c1nc2c(s1)CCC2. The van der Waals surface area contributed by atoms with Crippen molar-refractivity contribution < 1.29 is 9.84 Å². The second kappa shape index (κ2) is 5.91. The van der Waals surface area contributed by atoms with E-state index in [1.54, 1.807) is 7.11 Å². The summed E-state index contributed by atoms with van der Waals surface area (Å²) in [5.74, 6) is 0. The summed E-state index contributed by atoms with van der Waals surface area (Å²) < 4.78 is 4.89. The second-order valence-corrected chi connectivity index (χ2v) is 5.63. The standard InChI is InChI=1S/C12H20N2O2S/c1-8(13-6-9(15)7-16-2)12-14-10-4-3-5-11(10)17-12/h8-9,13,15H,3-7H2,1-2H3. The molecule has 1 aromatic heterocycles. The summed E-state index contributed by atoms with van der Waals surface area (Å²) in [7, 11) is 1.60. The van der Waals surface area contributed by atoms with Gasteiger partial charge >= 0.3 is 0 Å². The summed E-state index contributed by atoms with van der Waals surface area (Å²) in [5.41, 5.74) is 1.29. The molecule has 2 unspecified atom stereocenters. The Kier molecular flexibility index (Phi) is 4.50. The van der Waals surface area contributed by atoms with Crippen LogP contribution in [0.25, 0.3) is 0 Å². The van der Waals surface area contributed by atoms with Crippen LogP contribution in [0.2, 0.25) is 0 Å². The van der Waals surface area contributed by atoms with Crippen LogP contribution in [0.4, 0.5) is 0 Å². The summed E-state index contributed by atoms with van der Waals surface area (Å²) in [4.78, 5) is 6.11. The molecular formula is C12H20N2O2S. The molecule has 0 amide bonds. The van der Waals surface area contributed by atoms with Gasteiger partial charge in [0.15, 0.2) is 0 Å². The lowest BCUT2D eigenvalue weighted by molar-refractivity contribution is 0.0630. The normalized spacial score (nSPS) is 18.1. The van der Waals surface area contributed by atoms with Crippen molar-refractivity contribution in [2.45, 2.75) is 38.3 Å². The van der Waals surface area contributed by atoms with Crippen LogP contribution in [-0.4, -0.2) is 36.5 Å². The number of fused-ring (bicyclic) bond motifs is 1. The number of ether oxygens (including phenoxy) is 1. The minimum Gasteiger partial charge on any atom is -0.389 e. The maximum Gasteiger partial charge on any atom is 0.110 e. The molecule has 0 saturated heterocycles. The number of aromatic nitrogens is 1. The van der Waals surface area contributed by atoms with Gasteiger partial charge in [0.05, 0.1) is 24.4 Å². The van der Waals surface area contributed by atoms with Gasteiger partial charge in [-0.25, -0.2) is 4.98 Å². The third kappa shape index (κ3) is 3.25. The summed E-state index contributed by atoms with van der Waals surface area (Å²) in [6, 6.07) is 0.206. The number of aliphatic hydroxyl groups excluding tert-OH is 1. The van der Waals surface area contributed by atoms with Crippen LogP contribution in [-0.2, 0) is 17.6 Å². The number of methoxy groups -OCH3 is 1. The van der Waals surface area contributed by atoms with Gasteiger partial charge in [0.2, 0.25) is 0 Å².